The van der Waals surface area contributed by atoms with Crippen LogP contribution in [-0.4, -0.2) is 9.91 Å². The molecule has 0 atom stereocenters. The summed E-state index contributed by atoms with van der Waals surface area (Å²) in [6, 6.07) is 6.58. The number of halogens is 1. The predicted molar refractivity (Wildman–Crippen MR) is 60.3 cm³/mol. The van der Waals surface area contributed by atoms with Crippen LogP contribution in [0, 0.1) is 15.9 Å². The summed E-state index contributed by atoms with van der Waals surface area (Å²) in [5.74, 6) is -0.711. The van der Waals surface area contributed by atoms with Crippen molar-refractivity contribution < 1.29 is 9.31 Å². The van der Waals surface area contributed by atoms with Crippen molar-refractivity contribution in [1.29, 1.82) is 0 Å². The van der Waals surface area contributed by atoms with Gasteiger partial charge in [0.25, 0.3) is 0 Å². The van der Waals surface area contributed by atoms with E-state index in [0.29, 0.717) is 11.2 Å². The SMILES string of the molecule is O=[N+]([O-])c1c(C2CC2)nc2ccccc2c1F. The second-order valence-corrected chi connectivity index (χ2v) is 4.21. The van der Waals surface area contributed by atoms with Crippen molar-refractivity contribution in [2.45, 2.75) is 18.8 Å². The second kappa shape index (κ2) is 3.48. The number of para-hydroxylation sites is 1. The third-order valence-electron chi connectivity index (χ3n) is 2.98. The van der Waals surface area contributed by atoms with Gasteiger partial charge in [0, 0.05) is 11.3 Å². The summed E-state index contributed by atoms with van der Waals surface area (Å²) in [5, 5.41) is 11.2. The maximum atomic E-state index is 14.1. The molecule has 2 aromatic rings. The van der Waals surface area contributed by atoms with E-state index in [9.17, 15) is 14.5 Å². The molecular formula is C12H9FN2O2. The second-order valence-electron chi connectivity index (χ2n) is 4.21. The maximum absolute atomic E-state index is 14.1. The monoisotopic (exact) mass is 232 g/mol. The Labute approximate surface area is 96.2 Å². The van der Waals surface area contributed by atoms with Crippen molar-refractivity contribution in [2.24, 2.45) is 0 Å². The Morgan fingerprint density at radius 2 is 2.06 bits per heavy atom. The van der Waals surface area contributed by atoms with Crippen LogP contribution in [0.4, 0.5) is 10.1 Å². The van der Waals surface area contributed by atoms with Crippen molar-refractivity contribution >= 4 is 16.6 Å². The fourth-order valence-electron chi connectivity index (χ4n) is 1.99. The van der Waals surface area contributed by atoms with Crippen molar-refractivity contribution in [2.75, 3.05) is 0 Å². The summed E-state index contributed by atoms with van der Waals surface area (Å²) in [7, 11) is 0. The number of hydrogen-bond acceptors (Lipinski definition) is 3. The van der Waals surface area contributed by atoms with Gasteiger partial charge in [-0.15, -0.1) is 0 Å². The highest BCUT2D eigenvalue weighted by atomic mass is 19.1. The Morgan fingerprint density at radius 1 is 1.35 bits per heavy atom. The minimum absolute atomic E-state index is 0.0505. The number of nitrogens with zero attached hydrogens (tertiary/aromatic N) is 2. The largest absolute Gasteiger partial charge is 0.327 e. The highest BCUT2D eigenvalue weighted by Gasteiger charge is 2.35. The maximum Gasteiger partial charge on any atom is 0.327 e. The van der Waals surface area contributed by atoms with Gasteiger partial charge in [0.1, 0.15) is 5.69 Å². The van der Waals surface area contributed by atoms with Crippen LogP contribution < -0.4 is 0 Å². The van der Waals surface area contributed by atoms with Crippen LogP contribution in [-0.2, 0) is 0 Å². The van der Waals surface area contributed by atoms with E-state index in [1.165, 1.54) is 6.07 Å². The predicted octanol–water partition coefficient (Wildman–Crippen LogP) is 3.16. The third kappa shape index (κ3) is 1.54. The van der Waals surface area contributed by atoms with Gasteiger partial charge in [0.15, 0.2) is 0 Å². The van der Waals surface area contributed by atoms with E-state index in [1.54, 1.807) is 18.2 Å². The molecule has 5 heteroatoms. The van der Waals surface area contributed by atoms with Gasteiger partial charge in [0.05, 0.1) is 10.4 Å². The number of fused-ring (bicyclic) bond motifs is 1. The summed E-state index contributed by atoms with van der Waals surface area (Å²) in [6.45, 7) is 0. The summed E-state index contributed by atoms with van der Waals surface area (Å²) < 4.78 is 14.1. The summed E-state index contributed by atoms with van der Waals surface area (Å²) >= 11 is 0. The van der Waals surface area contributed by atoms with Crippen molar-refractivity contribution in [3.8, 4) is 0 Å². The molecule has 0 radical (unpaired) electrons. The van der Waals surface area contributed by atoms with Gasteiger partial charge in [-0.1, -0.05) is 12.1 Å². The smallest absolute Gasteiger partial charge is 0.258 e. The number of hydrogen-bond donors (Lipinski definition) is 0. The van der Waals surface area contributed by atoms with E-state index < -0.39 is 16.4 Å². The average Bonchev–Trinajstić information content (AvgIpc) is 3.12. The van der Waals surface area contributed by atoms with Crippen LogP contribution in [0.25, 0.3) is 10.9 Å². The molecule has 1 aliphatic rings. The molecule has 1 saturated carbocycles. The van der Waals surface area contributed by atoms with E-state index >= 15 is 0 Å². The summed E-state index contributed by atoms with van der Waals surface area (Å²) in [4.78, 5) is 14.5. The van der Waals surface area contributed by atoms with Gasteiger partial charge < -0.3 is 0 Å². The Kier molecular flexibility index (Phi) is 2.07. The minimum atomic E-state index is -0.762. The fourth-order valence-corrected chi connectivity index (χ4v) is 1.99. The van der Waals surface area contributed by atoms with Crippen molar-refractivity contribution in [1.82, 2.24) is 4.98 Å². The van der Waals surface area contributed by atoms with E-state index in [2.05, 4.69) is 4.98 Å². The lowest BCUT2D eigenvalue weighted by Gasteiger charge is -2.05. The van der Waals surface area contributed by atoms with Gasteiger partial charge in [-0.05, 0) is 25.0 Å². The highest BCUT2D eigenvalue weighted by Crippen LogP contribution is 2.44. The molecule has 1 aromatic heterocycles. The molecule has 1 fully saturated rings. The average molecular weight is 232 g/mol. The van der Waals surface area contributed by atoms with Crippen LogP contribution in [0.5, 0.6) is 0 Å². The molecule has 1 aromatic carbocycles. The third-order valence-corrected chi connectivity index (χ3v) is 2.98. The number of pyridine rings is 1. The van der Waals surface area contributed by atoms with Gasteiger partial charge in [0.2, 0.25) is 5.82 Å². The minimum Gasteiger partial charge on any atom is -0.258 e. The molecule has 0 saturated heterocycles. The molecule has 1 heterocycles. The lowest BCUT2D eigenvalue weighted by molar-refractivity contribution is -0.388. The van der Waals surface area contributed by atoms with E-state index in [-0.39, 0.29) is 11.3 Å². The number of rotatable bonds is 2. The lowest BCUT2D eigenvalue weighted by atomic mass is 10.1. The topological polar surface area (TPSA) is 56.0 Å². The standard InChI is InChI=1S/C12H9FN2O2/c13-10-8-3-1-2-4-9(8)14-11(7-5-6-7)12(10)15(16)17/h1-4,7H,5-6H2. The Balaban J connectivity index is 2.37. The van der Waals surface area contributed by atoms with Gasteiger partial charge in [-0.2, -0.15) is 4.39 Å². The molecule has 0 unspecified atom stereocenters. The molecule has 1 aliphatic carbocycles. The molecule has 0 bridgehead atoms. The van der Waals surface area contributed by atoms with E-state index in [4.69, 9.17) is 0 Å². The first kappa shape index (κ1) is 10.1. The normalized spacial score (nSPS) is 15.1. The molecule has 86 valence electrons. The van der Waals surface area contributed by atoms with Crippen LogP contribution >= 0.6 is 0 Å². The van der Waals surface area contributed by atoms with Crippen molar-refractivity contribution in [3.05, 3.63) is 45.9 Å². The number of aromatic nitrogens is 1. The van der Waals surface area contributed by atoms with Gasteiger partial charge in [-0.3, -0.25) is 10.1 Å². The molecule has 17 heavy (non-hydrogen) atoms. The molecule has 0 N–H and O–H groups in total. The van der Waals surface area contributed by atoms with Crippen molar-refractivity contribution in [3.63, 3.8) is 0 Å². The lowest BCUT2D eigenvalue weighted by Crippen LogP contribution is -2.02. The van der Waals surface area contributed by atoms with Crippen LogP contribution in [0.3, 0.4) is 0 Å². The molecule has 4 nitrogen and oxygen atoms in total. The molecular weight excluding hydrogens is 223 g/mol. The van der Waals surface area contributed by atoms with Gasteiger partial charge in [-0.25, -0.2) is 4.98 Å². The Hall–Kier alpha value is -2.04. The summed E-state index contributed by atoms with van der Waals surface area (Å²) in [5.41, 5.74) is 0.329. The molecule has 0 spiro atoms. The summed E-state index contributed by atoms with van der Waals surface area (Å²) in [6.07, 6.45) is 1.71. The quantitative estimate of drug-likeness (QED) is 0.590. The highest BCUT2D eigenvalue weighted by molar-refractivity contribution is 5.82. The first-order valence-electron chi connectivity index (χ1n) is 5.41. The molecule has 0 aliphatic heterocycles. The Morgan fingerprint density at radius 3 is 2.71 bits per heavy atom. The van der Waals surface area contributed by atoms with E-state index in [1.807, 2.05) is 0 Å². The number of nitro groups is 1. The Bertz CT molecular complexity index is 623. The zero-order valence-electron chi connectivity index (χ0n) is 8.89. The fraction of sp³-hybridized carbons (Fsp3) is 0.250. The van der Waals surface area contributed by atoms with Crippen LogP contribution in [0.15, 0.2) is 24.3 Å². The molecule has 3 rings (SSSR count). The van der Waals surface area contributed by atoms with Gasteiger partial charge >= 0.3 is 5.69 Å². The molecule has 0 amide bonds. The number of benzene rings is 1. The first-order chi connectivity index (χ1) is 8.18. The van der Waals surface area contributed by atoms with E-state index in [0.717, 1.165) is 12.8 Å². The van der Waals surface area contributed by atoms with Crippen LogP contribution in [0.2, 0.25) is 0 Å². The first-order valence-corrected chi connectivity index (χ1v) is 5.41. The zero-order valence-corrected chi connectivity index (χ0v) is 8.89. The van der Waals surface area contributed by atoms with Crippen LogP contribution in [0.1, 0.15) is 24.5 Å². The zero-order chi connectivity index (χ0) is 12.0.